The summed E-state index contributed by atoms with van der Waals surface area (Å²) >= 11 is 0. The number of aryl methyl sites for hydroxylation is 1. The summed E-state index contributed by atoms with van der Waals surface area (Å²) in [6, 6.07) is 65.7. The monoisotopic (exact) mass is 730 g/mol. The van der Waals surface area contributed by atoms with E-state index in [0.717, 1.165) is 39.4 Å². The van der Waals surface area contributed by atoms with Crippen LogP contribution in [0.4, 0.5) is 0 Å². The molecule has 0 atom stereocenters. The van der Waals surface area contributed by atoms with Crippen LogP contribution in [0.1, 0.15) is 40.4 Å². The van der Waals surface area contributed by atoms with Gasteiger partial charge in [-0.05, 0) is 83.1 Å². The molecule has 0 radical (unpaired) electrons. The Hall–Kier alpha value is -7.30. The van der Waals surface area contributed by atoms with Crippen LogP contribution in [0.5, 0.6) is 0 Å². The topological polar surface area (TPSA) is 35.6 Å². The van der Waals surface area contributed by atoms with Crippen molar-refractivity contribution in [3.63, 3.8) is 0 Å². The first-order valence-corrected chi connectivity index (χ1v) is 19.6. The highest BCUT2D eigenvalue weighted by molar-refractivity contribution is 6.12. The number of nitrogens with zero attached hydrogens (tertiary/aromatic N) is 4. The maximum absolute atomic E-state index is 5.44. The van der Waals surface area contributed by atoms with E-state index in [-0.39, 0.29) is 0 Å². The van der Waals surface area contributed by atoms with E-state index in [4.69, 9.17) is 9.97 Å². The summed E-state index contributed by atoms with van der Waals surface area (Å²) in [5, 5.41) is 3.58. The number of allylic oxidation sites excluding steroid dienone is 1. The van der Waals surface area contributed by atoms with Crippen molar-refractivity contribution in [1.29, 1.82) is 0 Å². The van der Waals surface area contributed by atoms with Crippen molar-refractivity contribution in [3.8, 4) is 34.2 Å². The molecule has 270 valence electrons. The molecule has 0 bridgehead atoms. The summed E-state index contributed by atoms with van der Waals surface area (Å²) in [5.74, 6) is 2.30. The maximum atomic E-state index is 5.44. The molecule has 1 aliphatic rings. The predicted molar refractivity (Wildman–Crippen MR) is 235 cm³/mol. The zero-order chi connectivity index (χ0) is 38.1. The third-order valence-electron chi connectivity index (χ3n) is 11.9. The van der Waals surface area contributed by atoms with Crippen LogP contribution >= 0.6 is 0 Å². The van der Waals surface area contributed by atoms with Gasteiger partial charge in [0.25, 0.3) is 0 Å². The second kappa shape index (κ2) is 12.9. The molecule has 0 saturated carbocycles. The molecule has 0 fully saturated rings. The molecule has 11 rings (SSSR count). The van der Waals surface area contributed by atoms with Gasteiger partial charge in [0.2, 0.25) is 0 Å². The summed E-state index contributed by atoms with van der Waals surface area (Å²) in [5.41, 5.74) is 13.6. The van der Waals surface area contributed by atoms with E-state index in [1.54, 1.807) is 0 Å². The first-order chi connectivity index (χ1) is 28.2. The summed E-state index contributed by atoms with van der Waals surface area (Å²) in [7, 11) is 0. The predicted octanol–water partition coefficient (Wildman–Crippen LogP) is 12.9. The van der Waals surface area contributed by atoms with Crippen molar-refractivity contribution < 1.29 is 0 Å². The Bertz CT molecular complexity index is 3150. The van der Waals surface area contributed by atoms with Crippen LogP contribution < -0.4 is 0 Å². The van der Waals surface area contributed by atoms with Crippen LogP contribution in [-0.2, 0) is 5.41 Å². The zero-order valence-corrected chi connectivity index (χ0v) is 31.8. The number of hydrogen-bond acceptors (Lipinski definition) is 2. The fraction of sp³-hybridized carbons (Fsp3) is 0.0566. The molecule has 0 saturated heterocycles. The van der Waals surface area contributed by atoms with Crippen molar-refractivity contribution in [2.24, 2.45) is 0 Å². The van der Waals surface area contributed by atoms with Gasteiger partial charge < -0.3 is 0 Å². The SMILES string of the molecule is C/C=C\c1c(C)c2ccccc2n1-c1cc(-n2c3ccccc3c3cc4c(cc32)C(c2ccccc2)(c2ccccc2)c2ccccc2-4)nc(-c2ccccc2)n1. The standard InChI is InChI=1S/C53H38N4/c1-3-19-46-35(2)39-26-14-17-30-47(39)56(46)50-34-51(55-52(54-50)36-20-7-4-8-21-36)57-48-31-18-15-28-41(48)43-32-42-40-27-13-16-29-44(40)53(45(42)33-49(43)57,37-22-9-5-10-23-37)38-24-11-6-12-25-38/h3-34H,1-2H3/b19-3-. The van der Waals surface area contributed by atoms with Crippen molar-refractivity contribution in [3.05, 3.63) is 222 Å². The average molecular weight is 731 g/mol. The molecule has 4 heteroatoms. The highest BCUT2D eigenvalue weighted by Crippen LogP contribution is 2.57. The van der Waals surface area contributed by atoms with Crippen molar-refractivity contribution in [1.82, 2.24) is 19.1 Å². The summed E-state index contributed by atoms with van der Waals surface area (Å²) in [6.07, 6.45) is 4.29. The van der Waals surface area contributed by atoms with Gasteiger partial charge >= 0.3 is 0 Å². The van der Waals surface area contributed by atoms with Gasteiger partial charge in [-0.25, -0.2) is 9.97 Å². The Morgan fingerprint density at radius 3 is 1.72 bits per heavy atom. The number of rotatable bonds is 6. The van der Waals surface area contributed by atoms with E-state index in [0.29, 0.717) is 5.82 Å². The molecule has 1 aliphatic carbocycles. The van der Waals surface area contributed by atoms with Gasteiger partial charge in [0.05, 0.1) is 27.7 Å². The number of aromatic nitrogens is 4. The van der Waals surface area contributed by atoms with Gasteiger partial charge in [-0.2, -0.15) is 0 Å². The van der Waals surface area contributed by atoms with Crippen molar-refractivity contribution in [2.45, 2.75) is 19.3 Å². The molecule has 0 N–H and O–H groups in total. The van der Waals surface area contributed by atoms with E-state index in [1.165, 1.54) is 55.1 Å². The first kappa shape index (κ1) is 33.1. The molecule has 0 aliphatic heterocycles. The van der Waals surface area contributed by atoms with Crippen LogP contribution in [0.2, 0.25) is 0 Å². The number of para-hydroxylation sites is 2. The maximum Gasteiger partial charge on any atom is 0.163 e. The third-order valence-corrected chi connectivity index (χ3v) is 11.9. The van der Waals surface area contributed by atoms with Crippen LogP contribution in [0.15, 0.2) is 188 Å². The smallest absolute Gasteiger partial charge is 0.163 e. The normalized spacial score (nSPS) is 13.2. The fourth-order valence-electron chi connectivity index (χ4n) is 9.54. The van der Waals surface area contributed by atoms with Gasteiger partial charge in [0.1, 0.15) is 11.6 Å². The minimum absolute atomic E-state index is 0.529. The number of benzene rings is 7. The largest absolute Gasteiger partial charge is 0.294 e. The Morgan fingerprint density at radius 1 is 0.474 bits per heavy atom. The molecule has 0 unspecified atom stereocenters. The van der Waals surface area contributed by atoms with Gasteiger partial charge in [-0.3, -0.25) is 9.13 Å². The minimum atomic E-state index is -0.529. The summed E-state index contributed by atoms with van der Waals surface area (Å²) < 4.78 is 4.65. The Labute approximate surface area is 331 Å². The van der Waals surface area contributed by atoms with Crippen LogP contribution in [-0.4, -0.2) is 19.1 Å². The van der Waals surface area contributed by atoms with E-state index in [1.807, 2.05) is 6.07 Å². The molecule has 7 aromatic carbocycles. The molecule has 57 heavy (non-hydrogen) atoms. The summed E-state index contributed by atoms with van der Waals surface area (Å²) in [4.78, 5) is 10.8. The zero-order valence-electron chi connectivity index (χ0n) is 31.8. The van der Waals surface area contributed by atoms with Gasteiger partial charge in [0, 0.05) is 27.8 Å². The summed E-state index contributed by atoms with van der Waals surface area (Å²) in [6.45, 7) is 4.27. The molecular formula is C53H38N4. The Kier molecular flexibility index (Phi) is 7.48. The molecule has 0 amide bonds. The van der Waals surface area contributed by atoms with Crippen LogP contribution in [0.3, 0.4) is 0 Å². The van der Waals surface area contributed by atoms with Gasteiger partial charge in [0.15, 0.2) is 5.82 Å². The van der Waals surface area contributed by atoms with E-state index in [9.17, 15) is 0 Å². The second-order valence-corrected chi connectivity index (χ2v) is 14.9. The Morgan fingerprint density at radius 2 is 1.04 bits per heavy atom. The van der Waals surface area contributed by atoms with E-state index < -0.39 is 5.41 Å². The Balaban J connectivity index is 1.27. The van der Waals surface area contributed by atoms with Crippen molar-refractivity contribution in [2.75, 3.05) is 0 Å². The highest BCUT2D eigenvalue weighted by atomic mass is 15.1. The van der Waals surface area contributed by atoms with Gasteiger partial charge in [-0.1, -0.05) is 158 Å². The lowest BCUT2D eigenvalue weighted by Gasteiger charge is -2.34. The van der Waals surface area contributed by atoms with Crippen molar-refractivity contribution >= 4 is 38.8 Å². The number of fused-ring (bicyclic) bond motifs is 7. The third kappa shape index (κ3) is 4.80. The van der Waals surface area contributed by atoms with Crippen LogP contribution in [0, 0.1) is 6.92 Å². The average Bonchev–Trinajstić information content (AvgIpc) is 3.87. The quantitative estimate of drug-likeness (QED) is 0.171. The lowest BCUT2D eigenvalue weighted by molar-refractivity contribution is 0.769. The lowest BCUT2D eigenvalue weighted by Crippen LogP contribution is -2.28. The molecule has 3 aromatic heterocycles. The lowest BCUT2D eigenvalue weighted by atomic mass is 9.67. The minimum Gasteiger partial charge on any atom is -0.294 e. The molecule has 3 heterocycles. The van der Waals surface area contributed by atoms with E-state index >= 15 is 0 Å². The fourth-order valence-corrected chi connectivity index (χ4v) is 9.54. The molecule has 4 nitrogen and oxygen atoms in total. The molecule has 10 aromatic rings. The second-order valence-electron chi connectivity index (χ2n) is 14.9. The number of hydrogen-bond donors (Lipinski definition) is 0. The van der Waals surface area contributed by atoms with Crippen LogP contribution in [0.25, 0.3) is 72.9 Å². The molecular weight excluding hydrogens is 693 g/mol. The first-order valence-electron chi connectivity index (χ1n) is 19.6. The highest BCUT2D eigenvalue weighted by Gasteiger charge is 2.46. The van der Waals surface area contributed by atoms with E-state index in [2.05, 4.69) is 211 Å². The molecule has 0 spiro atoms. The van der Waals surface area contributed by atoms with Gasteiger partial charge in [-0.15, -0.1) is 0 Å².